The number of nitrogens with two attached hydrogens (primary N) is 1. The summed E-state index contributed by atoms with van der Waals surface area (Å²) in [6, 6.07) is 6.16. The number of nitrogens with one attached hydrogen (secondary N) is 1. The number of hydrogen-bond donors (Lipinski definition) is 2. The van der Waals surface area contributed by atoms with Gasteiger partial charge in [-0.15, -0.1) is 0 Å². The number of aryl methyl sites for hydroxylation is 2. The maximum atomic E-state index is 13.1. The molecule has 0 aliphatic rings. The van der Waals surface area contributed by atoms with Gasteiger partial charge >= 0.3 is 5.91 Å². The Morgan fingerprint density at radius 1 is 1.35 bits per heavy atom. The van der Waals surface area contributed by atoms with Gasteiger partial charge in [-0.05, 0) is 43.7 Å². The number of nitrogen functional groups attached to an aromatic ring is 1. The highest BCUT2D eigenvalue weighted by Gasteiger charge is 2.14. The predicted octanol–water partition coefficient (Wildman–Crippen LogP) is 2.22. The van der Waals surface area contributed by atoms with Crippen LogP contribution in [0.5, 0.6) is 5.75 Å². The minimum Gasteiger partial charge on any atom is -0.486 e. The Morgan fingerprint density at radius 2 is 2.10 bits per heavy atom. The van der Waals surface area contributed by atoms with E-state index in [9.17, 15) is 9.18 Å². The van der Waals surface area contributed by atoms with Crippen molar-refractivity contribution in [3.05, 3.63) is 52.7 Å². The average Bonchev–Trinajstić information content (AvgIpc) is 2.80. The zero-order valence-corrected chi connectivity index (χ0v) is 11.2. The summed E-state index contributed by atoms with van der Waals surface area (Å²) >= 11 is 0. The van der Waals surface area contributed by atoms with Crippen LogP contribution < -0.4 is 16.0 Å². The van der Waals surface area contributed by atoms with Gasteiger partial charge in [0, 0.05) is 5.56 Å². The first-order chi connectivity index (χ1) is 9.51. The zero-order valence-electron chi connectivity index (χ0n) is 11.2. The summed E-state index contributed by atoms with van der Waals surface area (Å²) in [5, 5.41) is 0. The molecule has 0 spiro atoms. The van der Waals surface area contributed by atoms with E-state index in [1.165, 1.54) is 12.1 Å². The second kappa shape index (κ2) is 5.75. The van der Waals surface area contributed by atoms with Crippen LogP contribution in [-0.2, 0) is 6.61 Å². The van der Waals surface area contributed by atoms with Crippen LogP contribution in [0.15, 0.2) is 28.7 Å². The Labute approximate surface area is 115 Å². The summed E-state index contributed by atoms with van der Waals surface area (Å²) < 4.78 is 24.0. The average molecular weight is 278 g/mol. The van der Waals surface area contributed by atoms with Gasteiger partial charge in [-0.2, -0.15) is 0 Å². The zero-order chi connectivity index (χ0) is 14.7. The molecule has 1 aromatic carbocycles. The molecule has 3 N–H and O–H groups in total. The van der Waals surface area contributed by atoms with Crippen LogP contribution in [0, 0.1) is 19.7 Å². The lowest BCUT2D eigenvalue weighted by Crippen LogP contribution is -2.30. The normalized spacial score (nSPS) is 10.4. The lowest BCUT2D eigenvalue weighted by atomic mass is 10.2. The van der Waals surface area contributed by atoms with Gasteiger partial charge in [0.1, 0.15) is 23.9 Å². The molecule has 0 bridgehead atoms. The van der Waals surface area contributed by atoms with E-state index in [0.29, 0.717) is 22.6 Å². The van der Waals surface area contributed by atoms with Crippen molar-refractivity contribution in [2.75, 3.05) is 0 Å². The molecule has 5 nitrogen and oxygen atoms in total. The molecule has 0 saturated heterocycles. The molecule has 6 heteroatoms. The molecule has 20 heavy (non-hydrogen) atoms. The van der Waals surface area contributed by atoms with Gasteiger partial charge < -0.3 is 9.15 Å². The van der Waals surface area contributed by atoms with Crippen LogP contribution in [0.25, 0.3) is 0 Å². The van der Waals surface area contributed by atoms with E-state index in [1.807, 2.05) is 5.43 Å². The predicted molar refractivity (Wildman–Crippen MR) is 70.6 cm³/mol. The fourth-order valence-electron chi connectivity index (χ4n) is 1.77. The van der Waals surface area contributed by atoms with Gasteiger partial charge in [0.15, 0.2) is 5.76 Å². The molecule has 0 atom stereocenters. The molecule has 1 aromatic heterocycles. The number of amides is 1. The quantitative estimate of drug-likeness (QED) is 0.510. The van der Waals surface area contributed by atoms with E-state index < -0.39 is 5.91 Å². The number of carbonyl (C=O) groups is 1. The molecule has 1 amide bonds. The monoisotopic (exact) mass is 278 g/mol. The number of benzene rings is 1. The first-order valence-corrected chi connectivity index (χ1v) is 6.00. The minimum absolute atomic E-state index is 0.143. The Morgan fingerprint density at radius 3 is 2.75 bits per heavy atom. The smallest absolute Gasteiger partial charge is 0.301 e. The second-order valence-electron chi connectivity index (χ2n) is 4.40. The molecule has 0 radical (unpaired) electrons. The van der Waals surface area contributed by atoms with Crippen LogP contribution in [-0.4, -0.2) is 5.91 Å². The first-order valence-electron chi connectivity index (χ1n) is 6.00. The number of halogens is 1. The summed E-state index contributed by atoms with van der Waals surface area (Å²) in [5.74, 6) is 5.45. The number of rotatable bonds is 4. The molecule has 0 unspecified atom stereocenters. The Hall–Kier alpha value is -2.34. The molecule has 2 rings (SSSR count). The molecule has 0 saturated carbocycles. The maximum Gasteiger partial charge on any atom is 0.301 e. The van der Waals surface area contributed by atoms with Gasteiger partial charge in [0.2, 0.25) is 0 Å². The van der Waals surface area contributed by atoms with Gasteiger partial charge in [0.25, 0.3) is 0 Å². The third-order valence-corrected chi connectivity index (χ3v) is 2.82. The van der Waals surface area contributed by atoms with Crippen molar-refractivity contribution in [1.82, 2.24) is 5.43 Å². The number of carbonyl (C=O) groups excluding carboxylic acids is 1. The van der Waals surface area contributed by atoms with Crippen molar-refractivity contribution in [2.45, 2.75) is 20.5 Å². The number of hydrogen-bond acceptors (Lipinski definition) is 4. The summed E-state index contributed by atoms with van der Waals surface area (Å²) in [5.41, 5.74) is 3.18. The van der Waals surface area contributed by atoms with E-state index in [1.54, 1.807) is 26.0 Å². The van der Waals surface area contributed by atoms with E-state index in [-0.39, 0.29) is 18.2 Å². The van der Waals surface area contributed by atoms with E-state index in [4.69, 9.17) is 15.0 Å². The highest BCUT2D eigenvalue weighted by Crippen LogP contribution is 2.19. The highest BCUT2D eigenvalue weighted by molar-refractivity contribution is 5.92. The van der Waals surface area contributed by atoms with Crippen molar-refractivity contribution in [1.29, 1.82) is 0 Å². The Bertz CT molecular complexity index is 637. The summed E-state index contributed by atoms with van der Waals surface area (Å²) in [6.45, 7) is 3.53. The van der Waals surface area contributed by atoms with E-state index in [2.05, 4.69) is 0 Å². The van der Waals surface area contributed by atoms with Crippen LogP contribution in [0.4, 0.5) is 4.39 Å². The molecule has 0 fully saturated rings. The van der Waals surface area contributed by atoms with Crippen LogP contribution >= 0.6 is 0 Å². The first kappa shape index (κ1) is 14.1. The lowest BCUT2D eigenvalue weighted by molar-refractivity contribution is 0.0921. The number of hydrazine groups is 1. The Kier molecular flexibility index (Phi) is 4.05. The SMILES string of the molecule is Cc1cc(OCc2cc(C)c(C(=O)NN)o2)ccc1F. The highest BCUT2D eigenvalue weighted by atomic mass is 19.1. The number of furan rings is 1. The Balaban J connectivity index is 2.07. The molecule has 1 heterocycles. The second-order valence-corrected chi connectivity index (χ2v) is 4.40. The van der Waals surface area contributed by atoms with Crippen LogP contribution in [0.3, 0.4) is 0 Å². The minimum atomic E-state index is -0.494. The van der Waals surface area contributed by atoms with Crippen molar-refractivity contribution in [2.24, 2.45) is 5.84 Å². The van der Waals surface area contributed by atoms with E-state index >= 15 is 0 Å². The molecule has 106 valence electrons. The van der Waals surface area contributed by atoms with Crippen molar-refractivity contribution < 1.29 is 18.3 Å². The molecular formula is C14H15FN2O3. The number of ether oxygens (including phenoxy) is 1. The topological polar surface area (TPSA) is 77.5 Å². The van der Waals surface area contributed by atoms with Gasteiger partial charge in [-0.3, -0.25) is 10.2 Å². The summed E-state index contributed by atoms with van der Waals surface area (Å²) in [7, 11) is 0. The molecule has 0 aliphatic heterocycles. The van der Waals surface area contributed by atoms with Gasteiger partial charge in [0.05, 0.1) is 0 Å². The van der Waals surface area contributed by atoms with Crippen molar-refractivity contribution in [3.63, 3.8) is 0 Å². The van der Waals surface area contributed by atoms with E-state index in [0.717, 1.165) is 0 Å². The molecule has 2 aromatic rings. The third-order valence-electron chi connectivity index (χ3n) is 2.82. The third kappa shape index (κ3) is 2.97. The molecule has 0 aliphatic carbocycles. The largest absolute Gasteiger partial charge is 0.486 e. The maximum absolute atomic E-state index is 13.1. The fraction of sp³-hybridized carbons (Fsp3) is 0.214. The lowest BCUT2D eigenvalue weighted by Gasteiger charge is -2.05. The standard InChI is InChI=1S/C14H15FN2O3/c1-8-5-10(3-4-12(8)15)19-7-11-6-9(2)13(20-11)14(18)17-16/h3-6H,7,16H2,1-2H3,(H,17,18). The summed E-state index contributed by atoms with van der Waals surface area (Å²) in [4.78, 5) is 11.4. The van der Waals surface area contributed by atoms with Gasteiger partial charge in [-0.1, -0.05) is 0 Å². The van der Waals surface area contributed by atoms with Crippen molar-refractivity contribution >= 4 is 5.91 Å². The fourth-order valence-corrected chi connectivity index (χ4v) is 1.77. The van der Waals surface area contributed by atoms with Crippen LogP contribution in [0.1, 0.15) is 27.4 Å². The van der Waals surface area contributed by atoms with Crippen LogP contribution in [0.2, 0.25) is 0 Å². The van der Waals surface area contributed by atoms with Crippen molar-refractivity contribution in [3.8, 4) is 5.75 Å². The molecular weight excluding hydrogens is 263 g/mol. The van der Waals surface area contributed by atoms with Gasteiger partial charge in [-0.25, -0.2) is 10.2 Å². The summed E-state index contributed by atoms with van der Waals surface area (Å²) in [6.07, 6.45) is 0.